The van der Waals surface area contributed by atoms with Gasteiger partial charge >= 0.3 is 12.3 Å². The lowest BCUT2D eigenvalue weighted by Gasteiger charge is -2.10. The highest BCUT2D eigenvalue weighted by Gasteiger charge is 2.32. The van der Waals surface area contributed by atoms with Gasteiger partial charge in [-0.3, -0.25) is 0 Å². The van der Waals surface area contributed by atoms with E-state index in [-0.39, 0.29) is 23.7 Å². The van der Waals surface area contributed by atoms with Crippen LogP contribution in [0, 0.1) is 0 Å². The van der Waals surface area contributed by atoms with E-state index in [4.69, 9.17) is 16.3 Å². The van der Waals surface area contributed by atoms with Crippen LogP contribution < -0.4 is 5.32 Å². The van der Waals surface area contributed by atoms with Crippen LogP contribution in [0.3, 0.4) is 0 Å². The fraction of sp³-hybridized carbons (Fsp3) is 0.167. The molecule has 25 heavy (non-hydrogen) atoms. The first-order valence-corrected chi connectivity index (χ1v) is 7.72. The quantitative estimate of drug-likeness (QED) is 0.776. The molecule has 0 aromatic heterocycles. The van der Waals surface area contributed by atoms with Crippen LogP contribution >= 0.6 is 11.6 Å². The molecule has 0 atom stereocenters. The number of rotatable bonds is 5. The summed E-state index contributed by atoms with van der Waals surface area (Å²) in [7, 11) is 0. The lowest BCUT2D eigenvalue weighted by atomic mass is 10.1. The Morgan fingerprint density at radius 2 is 1.88 bits per heavy atom. The number of carbonyl (C=O) groups excluding carboxylic acids is 1. The Balaban J connectivity index is 1.87. The number of hydrogen-bond acceptors (Lipinski definition) is 2. The van der Waals surface area contributed by atoms with Crippen molar-refractivity contribution in [1.82, 2.24) is 5.32 Å². The lowest BCUT2D eigenvalue weighted by molar-refractivity contribution is -0.137. The topological polar surface area (TPSA) is 38.3 Å². The number of alkyl carbamates (subject to hydrolysis) is 1. The van der Waals surface area contributed by atoms with Crippen molar-refractivity contribution in [3.8, 4) is 0 Å². The fourth-order valence-electron chi connectivity index (χ4n) is 2.03. The van der Waals surface area contributed by atoms with E-state index in [0.717, 1.165) is 11.6 Å². The number of carbonyl (C=O) groups is 1. The SMILES string of the molecule is O=C(NCC=Cc1cc(Cl)ccc1C(F)(F)F)OCc1ccccc1. The molecule has 0 aliphatic rings. The summed E-state index contributed by atoms with van der Waals surface area (Å²) in [5.41, 5.74) is -0.0267. The van der Waals surface area contributed by atoms with Gasteiger partial charge in [-0.2, -0.15) is 13.2 Å². The van der Waals surface area contributed by atoms with Crippen molar-refractivity contribution in [3.63, 3.8) is 0 Å². The second-order valence-corrected chi connectivity index (χ2v) is 5.51. The van der Waals surface area contributed by atoms with E-state index >= 15 is 0 Å². The van der Waals surface area contributed by atoms with Crippen molar-refractivity contribution in [2.75, 3.05) is 6.54 Å². The van der Waals surface area contributed by atoms with Crippen molar-refractivity contribution in [3.05, 3.63) is 76.3 Å². The molecule has 0 saturated carbocycles. The average molecular weight is 370 g/mol. The van der Waals surface area contributed by atoms with Gasteiger partial charge in [0, 0.05) is 11.6 Å². The zero-order valence-corrected chi connectivity index (χ0v) is 13.8. The van der Waals surface area contributed by atoms with Gasteiger partial charge in [0.2, 0.25) is 0 Å². The van der Waals surface area contributed by atoms with Gasteiger partial charge in [-0.1, -0.05) is 54.1 Å². The molecule has 3 nitrogen and oxygen atoms in total. The molecule has 1 amide bonds. The summed E-state index contributed by atoms with van der Waals surface area (Å²) in [6.45, 7) is 0.139. The van der Waals surface area contributed by atoms with Crippen molar-refractivity contribution in [2.45, 2.75) is 12.8 Å². The number of hydrogen-bond donors (Lipinski definition) is 1. The summed E-state index contributed by atoms with van der Waals surface area (Å²) >= 11 is 5.74. The normalized spacial score (nSPS) is 11.5. The van der Waals surface area contributed by atoms with Crippen LogP contribution in [0.1, 0.15) is 16.7 Å². The van der Waals surface area contributed by atoms with Gasteiger partial charge in [-0.05, 0) is 29.3 Å². The van der Waals surface area contributed by atoms with Crippen molar-refractivity contribution in [2.24, 2.45) is 0 Å². The third kappa shape index (κ3) is 6.15. The molecular weight excluding hydrogens is 355 g/mol. The molecule has 2 aromatic carbocycles. The molecule has 0 spiro atoms. The molecule has 0 heterocycles. The summed E-state index contributed by atoms with van der Waals surface area (Å²) < 4.78 is 43.7. The zero-order valence-electron chi connectivity index (χ0n) is 13.0. The highest BCUT2D eigenvalue weighted by atomic mass is 35.5. The maximum absolute atomic E-state index is 12.9. The summed E-state index contributed by atoms with van der Waals surface area (Å²) in [4.78, 5) is 11.5. The molecule has 1 N–H and O–H groups in total. The Bertz CT molecular complexity index is 746. The van der Waals surface area contributed by atoms with E-state index in [9.17, 15) is 18.0 Å². The van der Waals surface area contributed by atoms with Crippen LogP contribution in [0.15, 0.2) is 54.6 Å². The predicted molar refractivity (Wildman–Crippen MR) is 90.1 cm³/mol. The standard InChI is InChI=1S/C18H15ClF3NO2/c19-15-8-9-16(18(20,21)22)14(11-15)7-4-10-23-17(24)25-12-13-5-2-1-3-6-13/h1-9,11H,10,12H2,(H,23,24). The number of alkyl halides is 3. The summed E-state index contributed by atoms with van der Waals surface area (Å²) in [6.07, 6.45) is -2.49. The molecule has 0 aliphatic carbocycles. The molecule has 2 aromatic rings. The minimum atomic E-state index is -4.48. The van der Waals surface area contributed by atoms with Crippen molar-refractivity contribution < 1.29 is 22.7 Å². The Morgan fingerprint density at radius 1 is 1.16 bits per heavy atom. The van der Waals surface area contributed by atoms with Crippen LogP contribution in [0.25, 0.3) is 6.08 Å². The number of ether oxygens (including phenoxy) is 1. The average Bonchev–Trinajstić information content (AvgIpc) is 2.57. The predicted octanol–water partition coefficient (Wildman–Crippen LogP) is 5.30. The van der Waals surface area contributed by atoms with Crippen LogP contribution in [0.5, 0.6) is 0 Å². The number of amides is 1. The number of benzene rings is 2. The third-order valence-electron chi connectivity index (χ3n) is 3.19. The van der Waals surface area contributed by atoms with E-state index in [2.05, 4.69) is 5.32 Å². The Kier molecular flexibility index (Phi) is 6.47. The van der Waals surface area contributed by atoms with Crippen LogP contribution in [0.2, 0.25) is 5.02 Å². The molecule has 0 aliphatic heterocycles. The molecule has 132 valence electrons. The van der Waals surface area contributed by atoms with Crippen LogP contribution in [-0.4, -0.2) is 12.6 Å². The monoisotopic (exact) mass is 369 g/mol. The summed E-state index contributed by atoms with van der Waals surface area (Å²) in [6, 6.07) is 12.4. The third-order valence-corrected chi connectivity index (χ3v) is 3.43. The molecule has 7 heteroatoms. The second-order valence-electron chi connectivity index (χ2n) is 5.07. The minimum Gasteiger partial charge on any atom is -0.445 e. The molecular formula is C18H15ClF3NO2. The first-order chi connectivity index (χ1) is 11.9. The highest BCUT2D eigenvalue weighted by Crippen LogP contribution is 2.33. The number of nitrogens with one attached hydrogen (secondary N) is 1. The van der Waals surface area contributed by atoms with Crippen molar-refractivity contribution in [1.29, 1.82) is 0 Å². The van der Waals surface area contributed by atoms with Gasteiger partial charge in [0.05, 0.1) is 5.56 Å². The second kappa shape index (κ2) is 8.58. The highest BCUT2D eigenvalue weighted by molar-refractivity contribution is 6.30. The maximum atomic E-state index is 12.9. The van der Waals surface area contributed by atoms with Gasteiger partial charge in [0.15, 0.2) is 0 Å². The Morgan fingerprint density at radius 3 is 2.56 bits per heavy atom. The summed E-state index contributed by atoms with van der Waals surface area (Å²) in [5.74, 6) is 0. The molecule has 0 unspecified atom stereocenters. The molecule has 0 fully saturated rings. The Labute approximate surface area is 148 Å². The van der Waals surface area contributed by atoms with Gasteiger partial charge < -0.3 is 10.1 Å². The number of halogens is 4. The summed E-state index contributed by atoms with van der Waals surface area (Å²) in [5, 5.41) is 2.63. The first-order valence-electron chi connectivity index (χ1n) is 7.34. The molecule has 0 radical (unpaired) electrons. The van der Waals surface area contributed by atoms with Gasteiger partial charge in [-0.25, -0.2) is 4.79 Å². The first kappa shape index (κ1) is 18.9. The van der Waals surface area contributed by atoms with E-state index in [1.54, 1.807) is 0 Å². The van der Waals surface area contributed by atoms with E-state index in [1.165, 1.54) is 24.3 Å². The molecule has 2 rings (SSSR count). The van der Waals surface area contributed by atoms with E-state index < -0.39 is 17.8 Å². The van der Waals surface area contributed by atoms with Crippen LogP contribution in [0.4, 0.5) is 18.0 Å². The largest absolute Gasteiger partial charge is 0.445 e. The van der Waals surface area contributed by atoms with Crippen LogP contribution in [-0.2, 0) is 17.5 Å². The van der Waals surface area contributed by atoms with Gasteiger partial charge in [-0.15, -0.1) is 0 Å². The fourth-order valence-corrected chi connectivity index (χ4v) is 2.21. The van der Waals surface area contributed by atoms with E-state index in [0.29, 0.717) is 0 Å². The molecule has 0 bridgehead atoms. The van der Waals surface area contributed by atoms with Gasteiger partial charge in [0.25, 0.3) is 0 Å². The Hall–Kier alpha value is -2.47. The van der Waals surface area contributed by atoms with E-state index in [1.807, 2.05) is 30.3 Å². The lowest BCUT2D eigenvalue weighted by Crippen LogP contribution is -2.24. The van der Waals surface area contributed by atoms with Crippen molar-refractivity contribution >= 4 is 23.8 Å². The smallest absolute Gasteiger partial charge is 0.416 e. The molecule has 0 saturated heterocycles. The zero-order chi connectivity index (χ0) is 18.3. The maximum Gasteiger partial charge on any atom is 0.416 e. The minimum absolute atomic E-state index is 0.0252. The van der Waals surface area contributed by atoms with Gasteiger partial charge in [0.1, 0.15) is 6.61 Å².